The number of rotatable bonds is 6. The van der Waals surface area contributed by atoms with Crippen LogP contribution in [0.4, 0.5) is 4.79 Å². The number of thiophene rings is 1. The van der Waals surface area contributed by atoms with Crippen molar-refractivity contribution >= 4 is 46.7 Å². The van der Waals surface area contributed by atoms with Crippen LogP contribution in [0.25, 0.3) is 0 Å². The van der Waals surface area contributed by atoms with Crippen molar-refractivity contribution in [3.63, 3.8) is 0 Å². The average Bonchev–Trinajstić information content (AvgIpc) is 3.01. The molecule has 1 aromatic carbocycles. The highest BCUT2D eigenvalue weighted by Gasteiger charge is 2.33. The zero-order valence-corrected chi connectivity index (χ0v) is 18.2. The van der Waals surface area contributed by atoms with Crippen molar-refractivity contribution in [1.29, 1.82) is 0 Å². The minimum atomic E-state index is -0.509. The molecule has 2 amide bonds. The number of amides is 2. The molecular weight excluding hydrogens is 416 g/mol. The number of ether oxygens (including phenoxy) is 1. The van der Waals surface area contributed by atoms with Crippen LogP contribution in [0.3, 0.4) is 0 Å². The van der Waals surface area contributed by atoms with Crippen LogP contribution in [0.1, 0.15) is 35.2 Å². The van der Waals surface area contributed by atoms with Gasteiger partial charge in [-0.15, -0.1) is 23.1 Å². The van der Waals surface area contributed by atoms with Gasteiger partial charge in [0.2, 0.25) is 0 Å². The first-order valence-electron chi connectivity index (χ1n) is 8.82. The molecule has 8 heteroatoms. The van der Waals surface area contributed by atoms with E-state index in [2.05, 4.69) is 23.6 Å². The highest BCUT2D eigenvalue weighted by atomic mass is 35.5. The van der Waals surface area contributed by atoms with Crippen LogP contribution in [0, 0.1) is 6.92 Å². The van der Waals surface area contributed by atoms with Crippen LogP contribution in [0.2, 0.25) is 5.02 Å². The van der Waals surface area contributed by atoms with Gasteiger partial charge in [0.25, 0.3) is 0 Å². The molecule has 2 N–H and O–H groups in total. The van der Waals surface area contributed by atoms with Gasteiger partial charge in [-0.2, -0.15) is 0 Å². The second-order valence-corrected chi connectivity index (χ2v) is 9.04. The predicted molar refractivity (Wildman–Crippen MR) is 114 cm³/mol. The number of nitrogens with one attached hydrogen (secondary N) is 2. The maximum atomic E-state index is 12.4. The smallest absolute Gasteiger partial charge is 0.338 e. The van der Waals surface area contributed by atoms with Crippen molar-refractivity contribution in [3.8, 4) is 0 Å². The summed E-state index contributed by atoms with van der Waals surface area (Å²) in [5.74, 6) is 0.376. The Hall–Kier alpha value is -1.96. The molecular formula is C20H21ClN2O3S2. The Morgan fingerprint density at radius 3 is 2.68 bits per heavy atom. The van der Waals surface area contributed by atoms with Crippen molar-refractivity contribution in [1.82, 2.24) is 10.6 Å². The normalized spacial score (nSPS) is 16.6. The number of aryl methyl sites for hydroxylation is 1. The topological polar surface area (TPSA) is 67.4 Å². The predicted octanol–water partition coefficient (Wildman–Crippen LogP) is 5.19. The van der Waals surface area contributed by atoms with E-state index in [-0.39, 0.29) is 12.6 Å². The van der Waals surface area contributed by atoms with Gasteiger partial charge in [0.05, 0.1) is 18.2 Å². The van der Waals surface area contributed by atoms with Crippen molar-refractivity contribution in [3.05, 3.63) is 61.9 Å². The molecule has 2 aromatic rings. The van der Waals surface area contributed by atoms with E-state index in [9.17, 15) is 9.59 Å². The first kappa shape index (κ1) is 20.8. The highest BCUT2D eigenvalue weighted by Crippen LogP contribution is 2.36. The van der Waals surface area contributed by atoms with Crippen molar-refractivity contribution < 1.29 is 14.3 Å². The van der Waals surface area contributed by atoms with E-state index in [4.69, 9.17) is 16.3 Å². The van der Waals surface area contributed by atoms with Crippen LogP contribution in [-0.4, -0.2) is 18.6 Å². The molecule has 1 aliphatic rings. The van der Waals surface area contributed by atoms with Crippen LogP contribution < -0.4 is 10.6 Å². The largest absolute Gasteiger partial charge is 0.463 e. The quantitative estimate of drug-likeness (QED) is 0.482. The van der Waals surface area contributed by atoms with Gasteiger partial charge in [-0.05, 0) is 56.7 Å². The number of thioether (sulfide) groups is 1. The van der Waals surface area contributed by atoms with Gasteiger partial charge in [-0.3, -0.25) is 0 Å². The number of carbonyl (C=O) groups excluding carboxylic acids is 2. The molecule has 2 heterocycles. The monoisotopic (exact) mass is 436 g/mol. The van der Waals surface area contributed by atoms with Gasteiger partial charge < -0.3 is 15.4 Å². The summed E-state index contributed by atoms with van der Waals surface area (Å²) < 4.78 is 5.19. The lowest BCUT2D eigenvalue weighted by Gasteiger charge is -2.27. The third-order valence-electron chi connectivity index (χ3n) is 4.30. The Balaban J connectivity index is 1.83. The number of hydrogen-bond acceptors (Lipinski definition) is 5. The Morgan fingerprint density at radius 2 is 2.00 bits per heavy atom. The number of carbonyl (C=O) groups is 2. The first-order chi connectivity index (χ1) is 13.4. The van der Waals surface area contributed by atoms with Gasteiger partial charge in [0.15, 0.2) is 0 Å². The summed E-state index contributed by atoms with van der Waals surface area (Å²) in [4.78, 5) is 27.7. The summed E-state index contributed by atoms with van der Waals surface area (Å²) in [7, 11) is 0. The van der Waals surface area contributed by atoms with Gasteiger partial charge in [0.1, 0.15) is 0 Å². The van der Waals surface area contributed by atoms with E-state index < -0.39 is 12.0 Å². The second kappa shape index (κ2) is 9.03. The molecule has 0 spiro atoms. The lowest BCUT2D eigenvalue weighted by molar-refractivity contribution is -0.139. The maximum absolute atomic E-state index is 12.4. The SMILES string of the molecule is CCOC(=O)C1=C(C)NC(=O)NC1c1cc(CSc2ccc(Cl)cc2)c(C)s1. The molecule has 1 aromatic heterocycles. The summed E-state index contributed by atoms with van der Waals surface area (Å²) in [6.07, 6.45) is 0. The number of urea groups is 1. The molecule has 5 nitrogen and oxygen atoms in total. The maximum Gasteiger partial charge on any atom is 0.338 e. The van der Waals surface area contributed by atoms with Crippen molar-refractivity contribution in [2.24, 2.45) is 0 Å². The van der Waals surface area contributed by atoms with Crippen LogP contribution in [0.5, 0.6) is 0 Å². The Kier molecular flexibility index (Phi) is 6.69. The Labute approximate surface area is 177 Å². The molecule has 0 aliphatic carbocycles. The number of halogens is 1. The van der Waals surface area contributed by atoms with Gasteiger partial charge in [-0.1, -0.05) is 11.6 Å². The van der Waals surface area contributed by atoms with E-state index >= 15 is 0 Å². The molecule has 0 bridgehead atoms. The van der Waals surface area contributed by atoms with Crippen LogP contribution in [-0.2, 0) is 15.3 Å². The minimum absolute atomic E-state index is 0.280. The third-order valence-corrected chi connectivity index (χ3v) is 6.77. The second-order valence-electron chi connectivity index (χ2n) is 6.26. The molecule has 1 aliphatic heterocycles. The zero-order chi connectivity index (χ0) is 20.3. The summed E-state index contributed by atoms with van der Waals surface area (Å²) in [6.45, 7) is 5.81. The van der Waals surface area contributed by atoms with Gasteiger partial charge >= 0.3 is 12.0 Å². The molecule has 0 fully saturated rings. The molecule has 1 atom stereocenters. The molecule has 28 heavy (non-hydrogen) atoms. The van der Waals surface area contributed by atoms with E-state index in [0.29, 0.717) is 16.3 Å². The summed E-state index contributed by atoms with van der Waals surface area (Å²) >= 11 is 9.24. The number of allylic oxidation sites excluding steroid dienone is 1. The molecule has 3 rings (SSSR count). The van der Waals surface area contributed by atoms with Crippen molar-refractivity contribution in [2.75, 3.05) is 6.61 Å². The molecule has 0 saturated carbocycles. The Morgan fingerprint density at radius 1 is 1.29 bits per heavy atom. The average molecular weight is 437 g/mol. The van der Waals surface area contributed by atoms with E-state index in [1.807, 2.05) is 24.3 Å². The lowest BCUT2D eigenvalue weighted by atomic mass is 10.0. The Bertz CT molecular complexity index is 922. The zero-order valence-electron chi connectivity index (χ0n) is 15.8. The molecule has 1 unspecified atom stereocenters. The molecule has 148 valence electrons. The van der Waals surface area contributed by atoms with Gasteiger partial charge in [0, 0.05) is 31.1 Å². The molecule has 0 saturated heterocycles. The number of hydrogen-bond donors (Lipinski definition) is 2. The third kappa shape index (κ3) is 4.71. The number of benzene rings is 1. The van der Waals surface area contributed by atoms with Crippen molar-refractivity contribution in [2.45, 2.75) is 37.5 Å². The first-order valence-corrected chi connectivity index (χ1v) is 11.0. The summed E-state index contributed by atoms with van der Waals surface area (Å²) in [5, 5.41) is 6.23. The highest BCUT2D eigenvalue weighted by molar-refractivity contribution is 7.98. The van der Waals surface area contributed by atoms with Crippen LogP contribution >= 0.6 is 34.7 Å². The number of esters is 1. The van der Waals surface area contributed by atoms with Gasteiger partial charge in [-0.25, -0.2) is 9.59 Å². The van der Waals surface area contributed by atoms with E-state index in [0.717, 1.165) is 20.4 Å². The van der Waals surface area contributed by atoms with Crippen LogP contribution in [0.15, 0.2) is 46.5 Å². The fourth-order valence-electron chi connectivity index (χ4n) is 2.91. The lowest BCUT2D eigenvalue weighted by Crippen LogP contribution is -2.45. The minimum Gasteiger partial charge on any atom is -0.463 e. The molecule has 0 radical (unpaired) electrons. The fraction of sp³-hybridized carbons (Fsp3) is 0.300. The van der Waals surface area contributed by atoms with E-state index in [1.54, 1.807) is 36.9 Å². The summed E-state index contributed by atoms with van der Waals surface area (Å²) in [6, 6.07) is 8.97. The summed E-state index contributed by atoms with van der Waals surface area (Å²) in [5.41, 5.74) is 2.14. The standard InChI is InChI=1S/C20H21ClN2O3S2/c1-4-26-19(24)17-11(2)22-20(25)23-18(17)16-9-13(12(3)28-16)10-27-15-7-5-14(21)6-8-15/h5-9,18H,4,10H2,1-3H3,(H2,22,23,25). The fourth-order valence-corrected chi connectivity index (χ4v) is 5.19. The van der Waals surface area contributed by atoms with E-state index in [1.165, 1.54) is 5.56 Å².